The average molecular weight is 296 g/mol. The molecular weight excluding hydrogens is 277 g/mol. The minimum absolute atomic E-state index is 0.0756. The van der Waals surface area contributed by atoms with Gasteiger partial charge in [0.2, 0.25) is 5.91 Å². The maximum Gasteiger partial charge on any atom is 0.390 e. The van der Waals surface area contributed by atoms with E-state index in [-0.39, 0.29) is 19.0 Å². The van der Waals surface area contributed by atoms with Gasteiger partial charge in [-0.2, -0.15) is 13.2 Å². The predicted molar refractivity (Wildman–Crippen MR) is 65.1 cm³/mol. The van der Waals surface area contributed by atoms with Gasteiger partial charge in [0.1, 0.15) is 0 Å². The number of aliphatic carboxylic acids is 1. The molecule has 116 valence electrons. The molecule has 1 amide bonds. The molecule has 1 fully saturated rings. The molecule has 1 N–H and O–H groups in total. The summed E-state index contributed by atoms with van der Waals surface area (Å²) >= 11 is 0. The highest BCUT2D eigenvalue weighted by atomic mass is 19.4. The van der Waals surface area contributed by atoms with Crippen LogP contribution in [0.25, 0.3) is 0 Å². The van der Waals surface area contributed by atoms with Crippen molar-refractivity contribution in [1.29, 1.82) is 0 Å². The molecule has 1 saturated heterocycles. The van der Waals surface area contributed by atoms with Crippen LogP contribution in [-0.4, -0.2) is 66.2 Å². The first-order valence-corrected chi connectivity index (χ1v) is 6.45. The maximum absolute atomic E-state index is 12.0. The second-order valence-corrected chi connectivity index (χ2v) is 5.10. The molecule has 0 saturated carbocycles. The number of likely N-dealkylation sites (N-methyl/N-ethyl adjacent to an activating group) is 1. The van der Waals surface area contributed by atoms with Crippen molar-refractivity contribution in [3.63, 3.8) is 0 Å². The molecule has 0 aromatic heterocycles. The number of nitrogens with zero attached hydrogens (tertiary/aromatic N) is 2. The number of carboxylic acid groups (broad SMARTS) is 1. The normalized spacial score (nSPS) is 17.6. The monoisotopic (exact) mass is 296 g/mol. The summed E-state index contributed by atoms with van der Waals surface area (Å²) in [5.41, 5.74) is 0. The zero-order valence-electron chi connectivity index (χ0n) is 11.3. The van der Waals surface area contributed by atoms with Crippen LogP contribution in [0.1, 0.15) is 19.3 Å². The number of hydrogen-bond acceptors (Lipinski definition) is 3. The van der Waals surface area contributed by atoms with E-state index < -0.39 is 24.5 Å². The maximum atomic E-state index is 12.0. The number of piperidine rings is 1. The minimum Gasteiger partial charge on any atom is -0.481 e. The van der Waals surface area contributed by atoms with Gasteiger partial charge in [0.15, 0.2) is 0 Å². The van der Waals surface area contributed by atoms with Gasteiger partial charge < -0.3 is 10.0 Å². The summed E-state index contributed by atoms with van der Waals surface area (Å²) in [6.45, 7) is 0.403. The molecule has 1 aliphatic rings. The fourth-order valence-electron chi connectivity index (χ4n) is 2.10. The Morgan fingerprint density at radius 2 is 1.85 bits per heavy atom. The Morgan fingerprint density at radius 3 is 2.30 bits per heavy atom. The van der Waals surface area contributed by atoms with Crippen molar-refractivity contribution < 1.29 is 27.9 Å². The Bertz CT molecular complexity index is 352. The molecule has 0 radical (unpaired) electrons. The first-order valence-electron chi connectivity index (χ1n) is 6.45. The van der Waals surface area contributed by atoms with E-state index in [1.165, 1.54) is 16.8 Å². The molecule has 5 nitrogen and oxygen atoms in total. The number of carbonyl (C=O) groups is 2. The van der Waals surface area contributed by atoms with Gasteiger partial charge in [-0.3, -0.25) is 14.5 Å². The van der Waals surface area contributed by atoms with Crippen LogP contribution < -0.4 is 0 Å². The number of hydrogen-bond donors (Lipinski definition) is 1. The van der Waals surface area contributed by atoms with E-state index in [0.29, 0.717) is 25.9 Å². The number of rotatable bonds is 5. The van der Waals surface area contributed by atoms with Crippen molar-refractivity contribution >= 4 is 11.9 Å². The summed E-state index contributed by atoms with van der Waals surface area (Å²) in [6, 6.07) is 0. The molecule has 0 aromatic carbocycles. The first kappa shape index (κ1) is 16.7. The lowest BCUT2D eigenvalue weighted by atomic mass is 9.97. The minimum atomic E-state index is -4.23. The third-order valence-corrected chi connectivity index (χ3v) is 3.38. The van der Waals surface area contributed by atoms with Crippen molar-refractivity contribution in [2.24, 2.45) is 5.92 Å². The molecular formula is C12H19F3N2O3. The van der Waals surface area contributed by atoms with Crippen LogP contribution in [0, 0.1) is 5.92 Å². The number of alkyl halides is 3. The third kappa shape index (κ3) is 5.77. The molecule has 1 aliphatic heterocycles. The van der Waals surface area contributed by atoms with E-state index in [0.717, 1.165) is 0 Å². The van der Waals surface area contributed by atoms with Gasteiger partial charge in [-0.05, 0) is 19.9 Å². The highest BCUT2D eigenvalue weighted by Crippen LogP contribution is 2.20. The van der Waals surface area contributed by atoms with Gasteiger partial charge >= 0.3 is 12.1 Å². The number of likely N-dealkylation sites (tertiary alicyclic amines) is 1. The lowest BCUT2D eigenvalue weighted by Crippen LogP contribution is -2.44. The van der Waals surface area contributed by atoms with E-state index in [2.05, 4.69) is 0 Å². The van der Waals surface area contributed by atoms with Gasteiger partial charge in [-0.1, -0.05) is 0 Å². The lowest BCUT2D eigenvalue weighted by Gasteiger charge is -2.31. The van der Waals surface area contributed by atoms with Gasteiger partial charge in [0.25, 0.3) is 0 Å². The third-order valence-electron chi connectivity index (χ3n) is 3.38. The highest BCUT2D eigenvalue weighted by Gasteiger charge is 2.29. The Labute approximate surface area is 115 Å². The quantitative estimate of drug-likeness (QED) is 0.828. The Hall–Kier alpha value is -1.31. The van der Waals surface area contributed by atoms with E-state index >= 15 is 0 Å². The molecule has 0 atom stereocenters. The standard InChI is InChI=1S/C12H19F3N2O3/c1-16(7-4-12(13,14)15)8-10(18)17-5-2-9(3-6-17)11(19)20/h9H,2-8H2,1H3,(H,19,20). The summed E-state index contributed by atoms with van der Waals surface area (Å²) in [6.07, 6.45) is -4.38. The fraction of sp³-hybridized carbons (Fsp3) is 0.833. The van der Waals surface area contributed by atoms with Crippen molar-refractivity contribution in [3.05, 3.63) is 0 Å². The summed E-state index contributed by atoms with van der Waals surface area (Å²) in [5.74, 6) is -1.54. The smallest absolute Gasteiger partial charge is 0.390 e. The van der Waals surface area contributed by atoms with Crippen molar-refractivity contribution in [3.8, 4) is 0 Å². The largest absolute Gasteiger partial charge is 0.481 e. The van der Waals surface area contributed by atoms with E-state index in [1.807, 2.05) is 0 Å². The zero-order chi connectivity index (χ0) is 15.3. The van der Waals surface area contributed by atoms with Crippen LogP contribution >= 0.6 is 0 Å². The van der Waals surface area contributed by atoms with Crippen molar-refractivity contribution in [2.75, 3.05) is 33.2 Å². The van der Waals surface area contributed by atoms with Crippen molar-refractivity contribution in [1.82, 2.24) is 9.80 Å². The van der Waals surface area contributed by atoms with Crippen LogP contribution in [0.5, 0.6) is 0 Å². The topological polar surface area (TPSA) is 60.9 Å². The summed E-state index contributed by atoms with van der Waals surface area (Å²) in [7, 11) is 1.47. The van der Waals surface area contributed by atoms with E-state index in [4.69, 9.17) is 5.11 Å². The van der Waals surface area contributed by atoms with Gasteiger partial charge in [-0.25, -0.2) is 0 Å². The SMILES string of the molecule is CN(CCC(F)(F)F)CC(=O)N1CCC(C(=O)O)CC1. The molecule has 0 aliphatic carbocycles. The Balaban J connectivity index is 2.31. The Kier molecular flexibility index (Phi) is 5.79. The molecule has 0 aromatic rings. The second-order valence-electron chi connectivity index (χ2n) is 5.10. The predicted octanol–water partition coefficient (Wildman–Crippen LogP) is 1.19. The molecule has 1 rings (SSSR count). The zero-order valence-corrected chi connectivity index (χ0v) is 11.3. The summed E-state index contributed by atoms with van der Waals surface area (Å²) in [5, 5.41) is 8.84. The second kappa shape index (κ2) is 6.92. The summed E-state index contributed by atoms with van der Waals surface area (Å²) in [4.78, 5) is 25.5. The lowest BCUT2D eigenvalue weighted by molar-refractivity contribution is -0.146. The molecule has 0 spiro atoms. The number of carboxylic acids is 1. The molecule has 0 bridgehead atoms. The van der Waals surface area contributed by atoms with Crippen LogP contribution in [0.2, 0.25) is 0 Å². The van der Waals surface area contributed by atoms with Crippen LogP contribution in [0.15, 0.2) is 0 Å². The number of carbonyl (C=O) groups excluding carboxylic acids is 1. The van der Waals surface area contributed by atoms with E-state index in [9.17, 15) is 22.8 Å². The van der Waals surface area contributed by atoms with Gasteiger partial charge in [0.05, 0.1) is 18.9 Å². The molecule has 1 heterocycles. The van der Waals surface area contributed by atoms with Gasteiger partial charge in [0, 0.05) is 19.6 Å². The van der Waals surface area contributed by atoms with Crippen molar-refractivity contribution in [2.45, 2.75) is 25.4 Å². The first-order chi connectivity index (χ1) is 9.19. The number of halogens is 3. The van der Waals surface area contributed by atoms with Crippen LogP contribution in [0.4, 0.5) is 13.2 Å². The molecule has 20 heavy (non-hydrogen) atoms. The van der Waals surface area contributed by atoms with Crippen LogP contribution in [0.3, 0.4) is 0 Å². The molecule has 8 heteroatoms. The van der Waals surface area contributed by atoms with Gasteiger partial charge in [-0.15, -0.1) is 0 Å². The molecule has 0 unspecified atom stereocenters. The fourth-order valence-corrected chi connectivity index (χ4v) is 2.10. The number of amides is 1. The average Bonchev–Trinajstić information content (AvgIpc) is 2.35. The van der Waals surface area contributed by atoms with Crippen LogP contribution in [-0.2, 0) is 9.59 Å². The Morgan fingerprint density at radius 1 is 1.30 bits per heavy atom. The highest BCUT2D eigenvalue weighted by molar-refractivity contribution is 5.78. The summed E-state index contributed by atoms with van der Waals surface area (Å²) < 4.78 is 36.1. The van der Waals surface area contributed by atoms with E-state index in [1.54, 1.807) is 0 Å².